The maximum Gasteiger partial charge on any atom is 0.309 e. The van der Waals surface area contributed by atoms with Crippen molar-refractivity contribution in [1.82, 2.24) is 5.32 Å². The van der Waals surface area contributed by atoms with Crippen LogP contribution in [0.2, 0.25) is 0 Å². The standard InChI is InChI=1S/C17H27NO7S2/c19-10-11(17(24)25)9-14(20)13(5-6-16(22)23)18-15(21)4-2-1-3-12-7-8-26-27-12/h11-13,19H,1-10H2,(H,18,21)(H,22,23)(H,24,25)/t11-,12+,13-/m0/s1. The molecule has 0 unspecified atom stereocenters. The number of Topliss-reactive ketones (excluding diaryl/α,β-unsaturated/α-hetero) is 1. The predicted molar refractivity (Wildman–Crippen MR) is 104 cm³/mol. The van der Waals surface area contributed by atoms with E-state index in [-0.39, 0.29) is 25.2 Å². The molecule has 27 heavy (non-hydrogen) atoms. The summed E-state index contributed by atoms with van der Waals surface area (Å²) >= 11 is 0. The Morgan fingerprint density at radius 2 is 1.85 bits per heavy atom. The highest BCUT2D eigenvalue weighted by Crippen LogP contribution is 2.39. The zero-order valence-corrected chi connectivity index (χ0v) is 16.7. The molecule has 10 heteroatoms. The van der Waals surface area contributed by atoms with Crippen LogP contribution in [0.25, 0.3) is 0 Å². The van der Waals surface area contributed by atoms with Crippen LogP contribution in [0.15, 0.2) is 0 Å². The third-order valence-corrected chi connectivity index (χ3v) is 7.30. The molecule has 8 nitrogen and oxygen atoms in total. The Morgan fingerprint density at radius 1 is 1.11 bits per heavy atom. The molecule has 0 spiro atoms. The topological polar surface area (TPSA) is 141 Å². The molecule has 1 fully saturated rings. The molecule has 0 aromatic carbocycles. The Bertz CT molecular complexity index is 523. The maximum atomic E-state index is 12.3. The third kappa shape index (κ3) is 10.0. The van der Waals surface area contributed by atoms with E-state index in [9.17, 15) is 19.2 Å². The number of carbonyl (C=O) groups excluding carboxylic acids is 2. The summed E-state index contributed by atoms with van der Waals surface area (Å²) in [7, 11) is 3.75. The van der Waals surface area contributed by atoms with Crippen molar-refractivity contribution in [1.29, 1.82) is 0 Å². The highest BCUT2D eigenvalue weighted by Gasteiger charge is 2.27. The summed E-state index contributed by atoms with van der Waals surface area (Å²) in [4.78, 5) is 46.1. The summed E-state index contributed by atoms with van der Waals surface area (Å²) in [6.45, 7) is -0.696. The molecule has 1 heterocycles. The minimum atomic E-state index is -1.31. The van der Waals surface area contributed by atoms with Crippen molar-refractivity contribution in [2.45, 2.75) is 62.7 Å². The first-order valence-corrected chi connectivity index (χ1v) is 11.4. The summed E-state index contributed by atoms with van der Waals surface area (Å²) in [5, 5.41) is 30.0. The quantitative estimate of drug-likeness (QED) is 0.243. The van der Waals surface area contributed by atoms with Crippen LogP contribution >= 0.6 is 21.6 Å². The Balaban J connectivity index is 2.46. The van der Waals surface area contributed by atoms with Crippen molar-refractivity contribution in [3.63, 3.8) is 0 Å². The highest BCUT2D eigenvalue weighted by atomic mass is 33.1. The molecular weight excluding hydrogens is 394 g/mol. The maximum absolute atomic E-state index is 12.3. The lowest BCUT2D eigenvalue weighted by Crippen LogP contribution is -2.42. The number of hydrogen-bond acceptors (Lipinski definition) is 7. The molecule has 0 aliphatic carbocycles. The van der Waals surface area contributed by atoms with Gasteiger partial charge in [-0.05, 0) is 25.7 Å². The summed E-state index contributed by atoms with van der Waals surface area (Å²) in [5.74, 6) is -3.44. The molecule has 1 rings (SSSR count). The van der Waals surface area contributed by atoms with Crippen LogP contribution in [0.1, 0.15) is 51.4 Å². The van der Waals surface area contributed by atoms with Crippen molar-refractivity contribution in [3.8, 4) is 0 Å². The minimum absolute atomic E-state index is 0.104. The molecule has 0 radical (unpaired) electrons. The minimum Gasteiger partial charge on any atom is -0.481 e. The fourth-order valence-electron chi connectivity index (χ4n) is 2.69. The molecule has 0 aromatic heterocycles. The van der Waals surface area contributed by atoms with Crippen LogP contribution < -0.4 is 5.32 Å². The van der Waals surface area contributed by atoms with Crippen LogP contribution in [-0.2, 0) is 19.2 Å². The zero-order chi connectivity index (χ0) is 20.2. The van der Waals surface area contributed by atoms with E-state index in [2.05, 4.69) is 5.32 Å². The second-order valence-electron chi connectivity index (χ2n) is 6.52. The van der Waals surface area contributed by atoms with E-state index in [4.69, 9.17) is 15.3 Å². The van der Waals surface area contributed by atoms with Crippen molar-refractivity contribution in [2.24, 2.45) is 5.92 Å². The largest absolute Gasteiger partial charge is 0.481 e. The van der Waals surface area contributed by atoms with Gasteiger partial charge in [0, 0.05) is 30.3 Å². The number of amides is 1. The molecular formula is C17H27NO7S2. The van der Waals surface area contributed by atoms with Crippen molar-refractivity contribution in [3.05, 3.63) is 0 Å². The number of carboxylic acid groups (broad SMARTS) is 2. The molecule has 0 saturated carbocycles. The van der Waals surface area contributed by atoms with Gasteiger partial charge in [0.25, 0.3) is 0 Å². The van der Waals surface area contributed by atoms with Crippen molar-refractivity contribution < 1.29 is 34.5 Å². The van der Waals surface area contributed by atoms with E-state index in [1.807, 2.05) is 21.6 Å². The first kappa shape index (κ1) is 23.8. The Labute approximate surface area is 166 Å². The average molecular weight is 422 g/mol. The fourth-order valence-corrected chi connectivity index (χ4v) is 5.71. The van der Waals surface area contributed by atoms with Gasteiger partial charge < -0.3 is 20.6 Å². The number of carbonyl (C=O) groups is 4. The Kier molecular flexibility index (Phi) is 11.5. The third-order valence-electron chi connectivity index (χ3n) is 4.30. The number of aliphatic hydroxyl groups is 1. The van der Waals surface area contributed by atoms with E-state index in [0.717, 1.165) is 18.6 Å². The number of carboxylic acids is 2. The van der Waals surface area contributed by atoms with Gasteiger partial charge in [-0.1, -0.05) is 28.0 Å². The lowest BCUT2D eigenvalue weighted by atomic mass is 9.96. The SMILES string of the molecule is O=C(O)CC[C@H](NC(=O)CCCC[C@@H]1CCSS1)C(=O)C[C@@H](CO)C(=O)O. The summed E-state index contributed by atoms with van der Waals surface area (Å²) in [5.41, 5.74) is 0. The van der Waals surface area contributed by atoms with Crippen LogP contribution in [0.3, 0.4) is 0 Å². The monoisotopic (exact) mass is 421 g/mol. The Hall–Kier alpha value is -1.26. The lowest BCUT2D eigenvalue weighted by molar-refractivity contribution is -0.145. The second-order valence-corrected chi connectivity index (χ2v) is 9.30. The normalized spacial score (nSPS) is 18.6. The van der Waals surface area contributed by atoms with Crippen LogP contribution in [0, 0.1) is 5.92 Å². The highest BCUT2D eigenvalue weighted by molar-refractivity contribution is 8.77. The molecule has 154 valence electrons. The van der Waals surface area contributed by atoms with Crippen LogP contribution in [-0.4, -0.2) is 62.6 Å². The van der Waals surface area contributed by atoms with Gasteiger partial charge in [0.1, 0.15) is 0 Å². The van der Waals surface area contributed by atoms with Crippen LogP contribution in [0.5, 0.6) is 0 Å². The van der Waals surface area contributed by atoms with E-state index in [1.165, 1.54) is 6.42 Å². The number of unbranched alkanes of at least 4 members (excludes halogenated alkanes) is 1. The summed E-state index contributed by atoms with van der Waals surface area (Å²) < 4.78 is 0. The molecule has 3 atom stereocenters. The van der Waals surface area contributed by atoms with E-state index in [1.54, 1.807) is 0 Å². The van der Waals surface area contributed by atoms with Gasteiger partial charge in [-0.15, -0.1) is 0 Å². The van der Waals surface area contributed by atoms with E-state index >= 15 is 0 Å². The Morgan fingerprint density at radius 3 is 2.41 bits per heavy atom. The predicted octanol–water partition coefficient (Wildman–Crippen LogP) is 1.70. The molecule has 1 aliphatic rings. The number of rotatable bonds is 14. The van der Waals surface area contributed by atoms with Gasteiger partial charge in [0.2, 0.25) is 5.91 Å². The fraction of sp³-hybridized carbons (Fsp3) is 0.765. The summed E-state index contributed by atoms with van der Waals surface area (Å²) in [6, 6.07) is -1.05. The van der Waals surface area contributed by atoms with Gasteiger partial charge in [0.15, 0.2) is 5.78 Å². The number of nitrogens with one attached hydrogen (secondary N) is 1. The number of aliphatic carboxylic acids is 2. The zero-order valence-electron chi connectivity index (χ0n) is 15.1. The van der Waals surface area contributed by atoms with Crippen molar-refractivity contribution in [2.75, 3.05) is 12.4 Å². The van der Waals surface area contributed by atoms with Crippen LogP contribution in [0.4, 0.5) is 0 Å². The van der Waals surface area contributed by atoms with Gasteiger partial charge in [0.05, 0.1) is 18.6 Å². The molecule has 1 saturated heterocycles. The van der Waals surface area contributed by atoms with E-state index in [0.29, 0.717) is 11.7 Å². The van der Waals surface area contributed by atoms with Gasteiger partial charge in [-0.3, -0.25) is 19.2 Å². The van der Waals surface area contributed by atoms with Gasteiger partial charge in [-0.2, -0.15) is 0 Å². The molecule has 1 amide bonds. The summed E-state index contributed by atoms with van der Waals surface area (Å²) in [6.07, 6.45) is 3.19. The van der Waals surface area contributed by atoms with Gasteiger partial charge in [-0.25, -0.2) is 0 Å². The van der Waals surface area contributed by atoms with Crippen molar-refractivity contribution >= 4 is 45.2 Å². The molecule has 1 aliphatic heterocycles. The molecule has 0 aromatic rings. The van der Waals surface area contributed by atoms with E-state index < -0.39 is 42.7 Å². The first-order valence-electron chi connectivity index (χ1n) is 8.99. The second kappa shape index (κ2) is 13.0. The van der Waals surface area contributed by atoms with Gasteiger partial charge >= 0.3 is 11.9 Å². The number of aliphatic hydroxyl groups excluding tert-OH is 1. The smallest absolute Gasteiger partial charge is 0.309 e. The average Bonchev–Trinajstić information content (AvgIpc) is 3.12. The molecule has 0 bridgehead atoms. The molecule has 4 N–H and O–H groups in total. The number of hydrogen-bond donors (Lipinski definition) is 4. The lowest BCUT2D eigenvalue weighted by Gasteiger charge is -2.19. The first-order chi connectivity index (χ1) is 12.8. The number of ketones is 1.